The third-order valence-corrected chi connectivity index (χ3v) is 11.2. The molecule has 8 aromatic rings. The van der Waals surface area contributed by atoms with Gasteiger partial charge in [-0.05, 0) is 63.7 Å². The van der Waals surface area contributed by atoms with Crippen molar-refractivity contribution in [2.75, 3.05) is 0 Å². The van der Waals surface area contributed by atoms with Crippen molar-refractivity contribution in [2.24, 2.45) is 0 Å². The van der Waals surface area contributed by atoms with Crippen LogP contribution in [-0.4, -0.2) is 14.5 Å². The number of para-hydroxylation sites is 2. The molecule has 0 saturated heterocycles. The lowest BCUT2D eigenvalue weighted by Crippen LogP contribution is -2.17. The van der Waals surface area contributed by atoms with Crippen molar-refractivity contribution in [3.8, 4) is 50.6 Å². The number of fused-ring (bicyclic) bond motifs is 9. The molecule has 2 aromatic heterocycles. The lowest BCUT2D eigenvalue weighted by Gasteiger charge is -2.22. The summed E-state index contributed by atoms with van der Waals surface area (Å²) in [6, 6.07) is 50.6. The van der Waals surface area contributed by atoms with Crippen molar-refractivity contribution in [3.05, 3.63) is 162 Å². The molecule has 0 unspecified atom stereocenters. The minimum absolute atomic E-state index is 0.0717. The van der Waals surface area contributed by atoms with Crippen LogP contribution in [0.4, 0.5) is 0 Å². The zero-order valence-corrected chi connectivity index (χ0v) is 28.1. The molecule has 0 radical (unpaired) electrons. The second kappa shape index (κ2) is 9.87. The van der Waals surface area contributed by atoms with Gasteiger partial charge >= 0.3 is 0 Å². The molecule has 0 saturated carbocycles. The summed E-state index contributed by atoms with van der Waals surface area (Å²) in [6.07, 6.45) is 0. The molecule has 2 aliphatic carbocycles. The summed E-state index contributed by atoms with van der Waals surface area (Å²) < 4.78 is 2.44. The Balaban J connectivity index is 1.27. The lowest BCUT2D eigenvalue weighted by atomic mass is 9.82. The summed E-state index contributed by atoms with van der Waals surface area (Å²) >= 11 is 0. The average Bonchev–Trinajstić information content (AvgIpc) is 3.67. The van der Waals surface area contributed by atoms with Gasteiger partial charge in [0.15, 0.2) is 5.82 Å². The van der Waals surface area contributed by atoms with E-state index in [0.717, 1.165) is 39.6 Å². The molecule has 0 aliphatic heterocycles. The normalized spacial score (nSPS) is 14.9. The van der Waals surface area contributed by atoms with E-state index in [-0.39, 0.29) is 10.8 Å². The molecule has 3 heteroatoms. The van der Waals surface area contributed by atoms with E-state index in [9.17, 15) is 0 Å². The smallest absolute Gasteiger partial charge is 0.162 e. The van der Waals surface area contributed by atoms with Gasteiger partial charge in [0.1, 0.15) is 0 Å². The summed E-state index contributed by atoms with van der Waals surface area (Å²) in [6.45, 7) is 9.30. The predicted octanol–water partition coefficient (Wildman–Crippen LogP) is 11.5. The molecule has 234 valence electrons. The molecule has 0 spiro atoms. The van der Waals surface area contributed by atoms with Crippen molar-refractivity contribution >= 4 is 21.8 Å². The Kier molecular flexibility index (Phi) is 5.69. The van der Waals surface area contributed by atoms with Crippen molar-refractivity contribution in [3.63, 3.8) is 0 Å². The van der Waals surface area contributed by atoms with E-state index in [4.69, 9.17) is 9.97 Å². The third kappa shape index (κ3) is 3.79. The van der Waals surface area contributed by atoms with Gasteiger partial charge in [-0.3, -0.25) is 0 Å². The van der Waals surface area contributed by atoms with Crippen LogP contribution in [0.1, 0.15) is 50.1 Å². The summed E-state index contributed by atoms with van der Waals surface area (Å²) in [4.78, 5) is 11.0. The summed E-state index contributed by atoms with van der Waals surface area (Å²) in [7, 11) is 0. The van der Waals surface area contributed by atoms with Crippen LogP contribution in [0.25, 0.3) is 72.4 Å². The Bertz CT molecular complexity index is 2660. The van der Waals surface area contributed by atoms with Gasteiger partial charge in [-0.2, -0.15) is 0 Å². The van der Waals surface area contributed by atoms with Crippen LogP contribution in [0.15, 0.2) is 140 Å². The third-order valence-electron chi connectivity index (χ3n) is 11.2. The molecule has 2 aliphatic rings. The molecular weight excluding hydrogens is 595 g/mol. The first-order valence-electron chi connectivity index (χ1n) is 17.2. The number of aromatic nitrogens is 3. The van der Waals surface area contributed by atoms with Crippen molar-refractivity contribution in [1.29, 1.82) is 0 Å². The zero-order valence-electron chi connectivity index (χ0n) is 28.1. The first-order valence-corrected chi connectivity index (χ1v) is 17.2. The first kappa shape index (κ1) is 28.2. The van der Waals surface area contributed by atoms with E-state index in [1.54, 1.807) is 0 Å². The molecule has 0 bridgehead atoms. The number of hydrogen-bond acceptors (Lipinski definition) is 2. The molecule has 0 atom stereocenters. The SMILES string of the molecule is CC1(C)c2ccccc2-c2cc3c(cc21)c1ccccc1n3-c1ccccc1-c1nc(-c2ccccc2)c2c(n1)C(C)(C)c1ccccc1-2. The molecule has 0 amide bonds. The molecule has 0 N–H and O–H groups in total. The van der Waals surface area contributed by atoms with Crippen molar-refractivity contribution < 1.29 is 0 Å². The minimum Gasteiger partial charge on any atom is -0.308 e. The quantitative estimate of drug-likeness (QED) is 0.195. The Morgan fingerprint density at radius 3 is 1.90 bits per heavy atom. The molecule has 0 fully saturated rings. The predicted molar refractivity (Wildman–Crippen MR) is 202 cm³/mol. The van der Waals surface area contributed by atoms with Gasteiger partial charge in [-0.1, -0.05) is 137 Å². The number of nitrogens with zero attached hydrogens (tertiary/aromatic N) is 3. The maximum Gasteiger partial charge on any atom is 0.162 e. The molecule has 3 nitrogen and oxygen atoms in total. The topological polar surface area (TPSA) is 30.7 Å². The van der Waals surface area contributed by atoms with Gasteiger partial charge in [0, 0.05) is 38.3 Å². The molecule has 10 rings (SSSR count). The molecule has 6 aromatic carbocycles. The second-order valence-corrected chi connectivity index (χ2v) is 14.6. The van der Waals surface area contributed by atoms with Gasteiger partial charge < -0.3 is 4.57 Å². The lowest BCUT2D eigenvalue weighted by molar-refractivity contribution is 0.636. The van der Waals surface area contributed by atoms with E-state index >= 15 is 0 Å². The maximum atomic E-state index is 5.49. The highest BCUT2D eigenvalue weighted by atomic mass is 15.0. The van der Waals surface area contributed by atoms with Crippen LogP contribution in [-0.2, 0) is 10.8 Å². The average molecular weight is 630 g/mol. The van der Waals surface area contributed by atoms with Gasteiger partial charge in [0.2, 0.25) is 0 Å². The first-order chi connectivity index (χ1) is 23.8. The van der Waals surface area contributed by atoms with Crippen molar-refractivity contribution in [2.45, 2.75) is 38.5 Å². The van der Waals surface area contributed by atoms with Gasteiger partial charge in [-0.15, -0.1) is 0 Å². The van der Waals surface area contributed by atoms with Crippen LogP contribution in [0.2, 0.25) is 0 Å². The highest BCUT2D eigenvalue weighted by Crippen LogP contribution is 2.53. The Labute approximate surface area is 286 Å². The minimum atomic E-state index is -0.268. The maximum absolute atomic E-state index is 5.49. The van der Waals surface area contributed by atoms with E-state index in [1.807, 2.05) is 0 Å². The Morgan fingerprint density at radius 2 is 1.10 bits per heavy atom. The van der Waals surface area contributed by atoms with E-state index in [2.05, 4.69) is 172 Å². The molecule has 2 heterocycles. The summed E-state index contributed by atoms with van der Waals surface area (Å²) in [5, 5.41) is 2.51. The van der Waals surface area contributed by atoms with E-state index in [1.165, 1.54) is 55.2 Å². The number of hydrogen-bond donors (Lipinski definition) is 0. The monoisotopic (exact) mass is 629 g/mol. The van der Waals surface area contributed by atoms with Gasteiger partial charge in [-0.25, -0.2) is 9.97 Å². The van der Waals surface area contributed by atoms with Crippen molar-refractivity contribution in [1.82, 2.24) is 14.5 Å². The highest BCUT2D eigenvalue weighted by Gasteiger charge is 2.40. The fourth-order valence-electron chi connectivity index (χ4n) is 8.75. The van der Waals surface area contributed by atoms with Crippen LogP contribution < -0.4 is 0 Å². The second-order valence-electron chi connectivity index (χ2n) is 14.6. The Morgan fingerprint density at radius 1 is 0.469 bits per heavy atom. The highest BCUT2D eigenvalue weighted by molar-refractivity contribution is 6.12. The largest absolute Gasteiger partial charge is 0.308 e. The van der Waals surface area contributed by atoms with Crippen LogP contribution in [0.5, 0.6) is 0 Å². The van der Waals surface area contributed by atoms with E-state index in [0.29, 0.717) is 0 Å². The van der Waals surface area contributed by atoms with Gasteiger partial charge in [0.05, 0.1) is 28.1 Å². The standard InChI is InChI=1S/C46H35N3/c1-45(2)35-22-12-8-18-29(35)33-27-40-34(26-37(33)45)30-19-10-14-24-38(30)49(40)39-25-15-11-21-32(39)44-47-42(28-16-6-5-7-17-28)41-31-20-9-13-23-36(31)46(3,4)43(41)48-44/h5-27H,1-4H3. The fourth-order valence-corrected chi connectivity index (χ4v) is 8.75. The zero-order chi connectivity index (χ0) is 33.1. The molecular formula is C46H35N3. The van der Waals surface area contributed by atoms with Crippen LogP contribution in [0.3, 0.4) is 0 Å². The number of benzene rings is 6. The Hall–Kier alpha value is -5.80. The van der Waals surface area contributed by atoms with Crippen LogP contribution in [0, 0.1) is 0 Å². The fraction of sp³-hybridized carbons (Fsp3) is 0.130. The van der Waals surface area contributed by atoms with E-state index < -0.39 is 0 Å². The summed E-state index contributed by atoms with van der Waals surface area (Å²) in [5.41, 5.74) is 16.3. The van der Waals surface area contributed by atoms with Crippen LogP contribution >= 0.6 is 0 Å². The molecule has 49 heavy (non-hydrogen) atoms. The van der Waals surface area contributed by atoms with Gasteiger partial charge in [0.25, 0.3) is 0 Å². The number of rotatable bonds is 3. The summed E-state index contributed by atoms with van der Waals surface area (Å²) in [5.74, 6) is 0.743.